The molecule has 0 aromatic carbocycles. The fraction of sp³-hybridized carbons (Fsp3) is 0.800. The van der Waals surface area contributed by atoms with Crippen molar-refractivity contribution in [2.45, 2.75) is 39.0 Å². The van der Waals surface area contributed by atoms with Crippen molar-refractivity contribution in [3.05, 3.63) is 0 Å². The van der Waals surface area contributed by atoms with E-state index < -0.39 is 0 Å². The normalized spacial score (nSPS) is 19.5. The number of Topliss-reactive ketones (excluding diaryl/α,β-unsaturated/α-hetero) is 1. The van der Waals surface area contributed by atoms with E-state index in [9.17, 15) is 9.59 Å². The Balaban J connectivity index is 2.46. The van der Waals surface area contributed by atoms with Crippen molar-refractivity contribution in [1.82, 2.24) is 4.90 Å². The maximum absolute atomic E-state index is 11.5. The van der Waals surface area contributed by atoms with Crippen LogP contribution in [0, 0.1) is 0 Å². The Morgan fingerprint density at radius 2 is 2.00 bits per heavy atom. The predicted molar refractivity (Wildman–Crippen MR) is 50.3 cm³/mol. The molecule has 1 aliphatic rings. The third-order valence-corrected chi connectivity index (χ3v) is 2.33. The molecular weight excluding hydrogens is 166 g/mol. The van der Waals surface area contributed by atoms with Crippen molar-refractivity contribution in [2.75, 3.05) is 13.1 Å². The summed E-state index contributed by atoms with van der Waals surface area (Å²) in [5, 5.41) is 0. The molecule has 13 heavy (non-hydrogen) atoms. The summed E-state index contributed by atoms with van der Waals surface area (Å²) < 4.78 is 0. The van der Waals surface area contributed by atoms with Crippen LogP contribution in [0.3, 0.4) is 0 Å². The molecule has 1 rings (SSSR count). The van der Waals surface area contributed by atoms with E-state index in [2.05, 4.69) is 0 Å². The molecule has 1 aliphatic heterocycles. The van der Waals surface area contributed by atoms with Crippen molar-refractivity contribution in [2.24, 2.45) is 0 Å². The summed E-state index contributed by atoms with van der Waals surface area (Å²) in [6.07, 6.45) is 4.97. The average Bonchev–Trinajstić information content (AvgIpc) is 2.04. The van der Waals surface area contributed by atoms with Crippen LogP contribution in [0.15, 0.2) is 0 Å². The minimum atomic E-state index is 0.0777. The zero-order chi connectivity index (χ0) is 9.68. The first-order chi connectivity index (χ1) is 6.20. The number of carbonyl (C=O) groups is 2. The summed E-state index contributed by atoms with van der Waals surface area (Å²) in [5.41, 5.74) is 0. The molecule has 1 heterocycles. The highest BCUT2D eigenvalue weighted by atomic mass is 16.2. The minimum Gasteiger partial charge on any atom is -0.335 e. The van der Waals surface area contributed by atoms with E-state index in [0.29, 0.717) is 13.0 Å². The zero-order valence-corrected chi connectivity index (χ0v) is 8.21. The standard InChI is InChI=1S/C10H17NO2/c1-9(12)8-11-7-5-3-2-4-6-10(11)13/h2-8H2,1H3. The minimum absolute atomic E-state index is 0.0777. The van der Waals surface area contributed by atoms with Gasteiger partial charge in [0.25, 0.3) is 0 Å². The van der Waals surface area contributed by atoms with E-state index in [1.165, 1.54) is 13.3 Å². The molecule has 0 bridgehead atoms. The zero-order valence-electron chi connectivity index (χ0n) is 8.21. The first-order valence-electron chi connectivity index (χ1n) is 4.97. The first kappa shape index (κ1) is 10.2. The van der Waals surface area contributed by atoms with Gasteiger partial charge in [-0.15, -0.1) is 0 Å². The number of amides is 1. The number of rotatable bonds is 2. The van der Waals surface area contributed by atoms with Gasteiger partial charge in [0.15, 0.2) is 0 Å². The summed E-state index contributed by atoms with van der Waals surface area (Å²) in [4.78, 5) is 24.0. The van der Waals surface area contributed by atoms with Gasteiger partial charge in [-0.25, -0.2) is 0 Å². The van der Waals surface area contributed by atoms with Crippen molar-refractivity contribution in [3.63, 3.8) is 0 Å². The molecule has 74 valence electrons. The van der Waals surface area contributed by atoms with Crippen LogP contribution in [0.4, 0.5) is 0 Å². The van der Waals surface area contributed by atoms with Crippen molar-refractivity contribution in [3.8, 4) is 0 Å². The van der Waals surface area contributed by atoms with Crippen LogP contribution in [-0.4, -0.2) is 29.7 Å². The third-order valence-electron chi connectivity index (χ3n) is 2.33. The van der Waals surface area contributed by atoms with Crippen LogP contribution < -0.4 is 0 Å². The molecule has 0 radical (unpaired) electrons. The quantitative estimate of drug-likeness (QED) is 0.648. The van der Waals surface area contributed by atoms with E-state index >= 15 is 0 Å². The molecular formula is C10H17NO2. The van der Waals surface area contributed by atoms with Crippen LogP contribution in [0.25, 0.3) is 0 Å². The second-order valence-corrected chi connectivity index (χ2v) is 3.68. The van der Waals surface area contributed by atoms with Crippen molar-refractivity contribution in [1.29, 1.82) is 0 Å². The summed E-state index contributed by atoms with van der Waals surface area (Å²) in [7, 11) is 0. The van der Waals surface area contributed by atoms with E-state index in [1.54, 1.807) is 4.90 Å². The van der Waals surface area contributed by atoms with E-state index in [4.69, 9.17) is 0 Å². The van der Waals surface area contributed by atoms with Gasteiger partial charge >= 0.3 is 0 Å². The number of carbonyl (C=O) groups excluding carboxylic acids is 2. The van der Waals surface area contributed by atoms with Gasteiger partial charge in [0.2, 0.25) is 5.91 Å². The summed E-state index contributed by atoms with van der Waals surface area (Å²) in [6.45, 7) is 2.60. The number of hydrogen-bond acceptors (Lipinski definition) is 2. The number of hydrogen-bond donors (Lipinski definition) is 0. The van der Waals surface area contributed by atoms with E-state index in [0.717, 1.165) is 25.8 Å². The highest BCUT2D eigenvalue weighted by Gasteiger charge is 2.16. The van der Waals surface area contributed by atoms with Crippen LogP contribution in [0.1, 0.15) is 39.0 Å². The first-order valence-corrected chi connectivity index (χ1v) is 4.97. The molecule has 0 saturated carbocycles. The maximum Gasteiger partial charge on any atom is 0.222 e. The highest BCUT2D eigenvalue weighted by Crippen LogP contribution is 2.11. The molecule has 0 unspecified atom stereocenters. The van der Waals surface area contributed by atoms with Crippen molar-refractivity contribution >= 4 is 11.7 Å². The Hall–Kier alpha value is -0.860. The number of likely N-dealkylation sites (tertiary alicyclic amines) is 1. The monoisotopic (exact) mass is 183 g/mol. The largest absolute Gasteiger partial charge is 0.335 e. The van der Waals surface area contributed by atoms with Gasteiger partial charge in [-0.05, 0) is 19.8 Å². The predicted octanol–water partition coefficient (Wildman–Crippen LogP) is 1.37. The molecule has 1 saturated heterocycles. The van der Waals surface area contributed by atoms with Gasteiger partial charge in [-0.1, -0.05) is 12.8 Å². The molecule has 0 N–H and O–H groups in total. The number of ketones is 1. The lowest BCUT2D eigenvalue weighted by Crippen LogP contribution is -2.36. The molecule has 0 spiro atoms. The molecule has 0 aromatic heterocycles. The van der Waals surface area contributed by atoms with Crippen LogP contribution in [0.5, 0.6) is 0 Å². The van der Waals surface area contributed by atoms with Crippen molar-refractivity contribution < 1.29 is 9.59 Å². The van der Waals surface area contributed by atoms with Crippen LogP contribution >= 0.6 is 0 Å². The average molecular weight is 183 g/mol. The summed E-state index contributed by atoms with van der Waals surface area (Å²) in [6, 6.07) is 0. The van der Waals surface area contributed by atoms with Gasteiger partial charge in [0.1, 0.15) is 5.78 Å². The smallest absolute Gasteiger partial charge is 0.222 e. The Morgan fingerprint density at radius 1 is 1.31 bits per heavy atom. The Morgan fingerprint density at radius 3 is 2.69 bits per heavy atom. The van der Waals surface area contributed by atoms with Gasteiger partial charge in [-0.2, -0.15) is 0 Å². The van der Waals surface area contributed by atoms with Gasteiger partial charge in [-0.3, -0.25) is 9.59 Å². The fourth-order valence-corrected chi connectivity index (χ4v) is 1.65. The molecule has 1 fully saturated rings. The molecule has 0 aliphatic carbocycles. The van der Waals surface area contributed by atoms with E-state index in [-0.39, 0.29) is 11.7 Å². The lowest BCUT2D eigenvalue weighted by atomic mass is 10.1. The molecule has 1 amide bonds. The summed E-state index contributed by atoms with van der Waals surface area (Å²) >= 11 is 0. The topological polar surface area (TPSA) is 37.4 Å². The lowest BCUT2D eigenvalue weighted by molar-refractivity contribution is -0.135. The molecule has 3 nitrogen and oxygen atoms in total. The highest BCUT2D eigenvalue weighted by molar-refractivity contribution is 5.84. The van der Waals surface area contributed by atoms with Gasteiger partial charge in [0, 0.05) is 13.0 Å². The Labute approximate surface area is 79.1 Å². The van der Waals surface area contributed by atoms with Crippen LogP contribution in [0.2, 0.25) is 0 Å². The SMILES string of the molecule is CC(=O)CN1CCCCCCC1=O. The summed E-state index contributed by atoms with van der Waals surface area (Å²) in [5.74, 6) is 0.226. The Kier molecular flexibility index (Phi) is 3.93. The van der Waals surface area contributed by atoms with Gasteiger partial charge in [0.05, 0.1) is 6.54 Å². The van der Waals surface area contributed by atoms with E-state index in [1.807, 2.05) is 0 Å². The lowest BCUT2D eigenvalue weighted by Gasteiger charge is -2.23. The van der Waals surface area contributed by atoms with Crippen LogP contribution in [-0.2, 0) is 9.59 Å². The third kappa shape index (κ3) is 3.57. The second kappa shape index (κ2) is 5.00. The Bertz CT molecular complexity index is 201. The molecule has 0 aromatic rings. The fourth-order valence-electron chi connectivity index (χ4n) is 1.65. The molecule has 0 atom stereocenters. The number of nitrogens with zero attached hydrogens (tertiary/aromatic N) is 1. The maximum atomic E-state index is 11.5. The second-order valence-electron chi connectivity index (χ2n) is 3.68. The van der Waals surface area contributed by atoms with Gasteiger partial charge < -0.3 is 4.90 Å². The molecule has 3 heteroatoms.